The Morgan fingerprint density at radius 1 is 0.941 bits per heavy atom. The molecule has 3 nitrogen and oxygen atoms in total. The maximum Gasteiger partial charge on any atom is 0.133 e. The number of rotatable bonds is 11. The molecule has 1 saturated heterocycles. The van der Waals surface area contributed by atoms with E-state index in [1.807, 2.05) is 0 Å². The maximum absolute atomic E-state index is 11.1. The number of carbonyl (C=O) groups is 1. The maximum atomic E-state index is 11.1. The Morgan fingerprint density at radius 3 is 1.94 bits per heavy atom. The monoisotopic (exact) mass is 240 g/mol. The molecule has 1 rings (SSSR count). The van der Waals surface area contributed by atoms with E-state index >= 15 is 0 Å². The smallest absolute Gasteiger partial charge is 0.133 e. The van der Waals surface area contributed by atoms with E-state index in [2.05, 4.69) is 17.8 Å². The summed E-state index contributed by atoms with van der Waals surface area (Å²) in [6.45, 7) is 3.92. The molecule has 0 aliphatic carbocycles. The molecular formula is C14H28N2O. The number of unbranched alkanes of at least 4 members (excludes halogenated alkanes) is 7. The molecular weight excluding hydrogens is 212 g/mol. The van der Waals surface area contributed by atoms with Crippen molar-refractivity contribution in [1.82, 2.24) is 10.9 Å². The highest BCUT2D eigenvalue weighted by molar-refractivity contribution is 5.77. The Labute approximate surface area is 106 Å². The van der Waals surface area contributed by atoms with Gasteiger partial charge in [0, 0.05) is 6.42 Å². The minimum Gasteiger partial charge on any atom is -0.300 e. The molecule has 0 unspecified atom stereocenters. The second-order valence-corrected chi connectivity index (χ2v) is 5.44. The lowest BCUT2D eigenvalue weighted by Crippen LogP contribution is -2.21. The van der Waals surface area contributed by atoms with Gasteiger partial charge in [-0.1, -0.05) is 58.3 Å². The summed E-state index contributed by atoms with van der Waals surface area (Å²) in [5.41, 5.74) is 6.22. The first-order chi connectivity index (χ1) is 8.18. The molecule has 0 aromatic heterocycles. The van der Waals surface area contributed by atoms with Crippen LogP contribution >= 0.6 is 0 Å². The summed E-state index contributed by atoms with van der Waals surface area (Å²) in [5, 5.41) is 0. The van der Waals surface area contributed by atoms with Crippen LogP contribution in [0.3, 0.4) is 0 Å². The van der Waals surface area contributed by atoms with E-state index < -0.39 is 0 Å². The van der Waals surface area contributed by atoms with Crippen LogP contribution in [-0.2, 0) is 4.79 Å². The van der Waals surface area contributed by atoms with Gasteiger partial charge < -0.3 is 0 Å². The first-order valence-electron chi connectivity index (χ1n) is 7.22. The molecule has 100 valence electrons. The Balaban J connectivity index is 1.89. The first kappa shape index (κ1) is 14.7. The summed E-state index contributed by atoms with van der Waals surface area (Å²) < 4.78 is 0. The summed E-state index contributed by atoms with van der Waals surface area (Å²) in [5.74, 6) is 0.266. The quantitative estimate of drug-likeness (QED) is 0.430. The molecule has 0 atom stereocenters. The number of hydrogen-bond acceptors (Lipinski definition) is 3. The normalized spacial score (nSPS) is 17.1. The van der Waals surface area contributed by atoms with Crippen molar-refractivity contribution >= 4 is 5.78 Å². The third kappa shape index (κ3) is 6.79. The van der Waals surface area contributed by atoms with Crippen LogP contribution < -0.4 is 10.9 Å². The molecule has 0 aromatic rings. The van der Waals surface area contributed by atoms with Crippen LogP contribution in [0.4, 0.5) is 0 Å². The summed E-state index contributed by atoms with van der Waals surface area (Å²) >= 11 is 0. The first-order valence-corrected chi connectivity index (χ1v) is 7.22. The minimum absolute atomic E-state index is 0.0337. The molecule has 1 fully saturated rings. The van der Waals surface area contributed by atoms with Crippen LogP contribution in [0.1, 0.15) is 78.1 Å². The van der Waals surface area contributed by atoms with Crippen molar-refractivity contribution in [3.63, 3.8) is 0 Å². The average Bonchev–Trinajstić information content (AvgIpc) is 3.01. The molecule has 3 heteroatoms. The SMILES string of the molecule is CCCCCCCCCCC1(CC(C)=O)NN1. The summed E-state index contributed by atoms with van der Waals surface area (Å²) in [4.78, 5) is 11.1. The Morgan fingerprint density at radius 2 is 1.47 bits per heavy atom. The number of Topliss-reactive ketones (excluding diaryl/α,β-unsaturated/α-hetero) is 1. The van der Waals surface area contributed by atoms with Gasteiger partial charge in [0.05, 0.1) is 0 Å². The highest BCUT2D eigenvalue weighted by Crippen LogP contribution is 2.24. The van der Waals surface area contributed by atoms with Crippen molar-refractivity contribution in [2.24, 2.45) is 0 Å². The number of ketones is 1. The van der Waals surface area contributed by atoms with Gasteiger partial charge in [-0.05, 0) is 13.3 Å². The standard InChI is InChI=1S/C14H28N2O/c1-3-4-5-6-7-8-9-10-11-14(15-16-14)12-13(2)17/h15-16H,3-12H2,1-2H3. The van der Waals surface area contributed by atoms with E-state index in [1.165, 1.54) is 51.4 Å². The molecule has 0 saturated carbocycles. The second kappa shape index (κ2) is 7.83. The van der Waals surface area contributed by atoms with Gasteiger partial charge in [0.15, 0.2) is 0 Å². The zero-order valence-corrected chi connectivity index (χ0v) is 11.5. The number of nitrogens with one attached hydrogen (secondary N) is 2. The van der Waals surface area contributed by atoms with Crippen molar-refractivity contribution < 1.29 is 4.79 Å². The zero-order valence-electron chi connectivity index (χ0n) is 11.5. The van der Waals surface area contributed by atoms with E-state index in [-0.39, 0.29) is 11.4 Å². The molecule has 0 aromatic carbocycles. The van der Waals surface area contributed by atoms with E-state index in [1.54, 1.807) is 6.92 Å². The van der Waals surface area contributed by atoms with Crippen LogP contribution in [0.25, 0.3) is 0 Å². The van der Waals surface area contributed by atoms with Crippen LogP contribution in [0, 0.1) is 0 Å². The van der Waals surface area contributed by atoms with E-state index in [0.29, 0.717) is 6.42 Å². The number of hydrogen-bond donors (Lipinski definition) is 2. The van der Waals surface area contributed by atoms with Gasteiger partial charge in [-0.15, -0.1) is 0 Å². The lowest BCUT2D eigenvalue weighted by atomic mass is 9.99. The second-order valence-electron chi connectivity index (χ2n) is 5.44. The van der Waals surface area contributed by atoms with Gasteiger partial charge in [0.2, 0.25) is 0 Å². The van der Waals surface area contributed by atoms with Gasteiger partial charge >= 0.3 is 0 Å². The Kier molecular flexibility index (Phi) is 6.75. The largest absolute Gasteiger partial charge is 0.300 e. The molecule has 1 heterocycles. The van der Waals surface area contributed by atoms with Gasteiger partial charge in [-0.3, -0.25) is 4.79 Å². The van der Waals surface area contributed by atoms with Crippen LogP contribution in [-0.4, -0.2) is 11.4 Å². The van der Waals surface area contributed by atoms with E-state index in [9.17, 15) is 4.79 Å². The van der Waals surface area contributed by atoms with Crippen molar-refractivity contribution in [2.45, 2.75) is 83.7 Å². The van der Waals surface area contributed by atoms with Crippen LogP contribution in [0.5, 0.6) is 0 Å². The van der Waals surface area contributed by atoms with E-state index in [0.717, 1.165) is 6.42 Å². The topological polar surface area (TPSA) is 61.0 Å². The zero-order chi connectivity index (χ0) is 12.6. The fraction of sp³-hybridized carbons (Fsp3) is 0.929. The van der Waals surface area contributed by atoms with Gasteiger partial charge in [-0.2, -0.15) is 0 Å². The highest BCUT2D eigenvalue weighted by atomic mass is 16.1. The van der Waals surface area contributed by atoms with Crippen LogP contribution in [0.15, 0.2) is 0 Å². The van der Waals surface area contributed by atoms with Gasteiger partial charge in [0.25, 0.3) is 0 Å². The molecule has 0 spiro atoms. The van der Waals surface area contributed by atoms with Crippen molar-refractivity contribution in [3.8, 4) is 0 Å². The van der Waals surface area contributed by atoms with E-state index in [4.69, 9.17) is 0 Å². The lowest BCUT2D eigenvalue weighted by molar-refractivity contribution is -0.117. The fourth-order valence-corrected chi connectivity index (χ4v) is 2.38. The fourth-order valence-electron chi connectivity index (χ4n) is 2.38. The third-order valence-electron chi connectivity index (χ3n) is 3.49. The van der Waals surface area contributed by atoms with Crippen molar-refractivity contribution in [2.75, 3.05) is 0 Å². The molecule has 1 aliphatic rings. The van der Waals surface area contributed by atoms with Gasteiger partial charge in [-0.25, -0.2) is 10.9 Å². The molecule has 0 bridgehead atoms. The minimum atomic E-state index is -0.0337. The number of hydrazine groups is 1. The lowest BCUT2D eigenvalue weighted by Gasteiger charge is -2.09. The summed E-state index contributed by atoms with van der Waals surface area (Å²) in [6, 6.07) is 0. The van der Waals surface area contributed by atoms with Crippen molar-refractivity contribution in [3.05, 3.63) is 0 Å². The number of carbonyl (C=O) groups excluding carboxylic acids is 1. The molecule has 17 heavy (non-hydrogen) atoms. The molecule has 1 aliphatic heterocycles. The predicted molar refractivity (Wildman–Crippen MR) is 71.5 cm³/mol. The average molecular weight is 240 g/mol. The molecule has 0 radical (unpaired) electrons. The van der Waals surface area contributed by atoms with Crippen LogP contribution in [0.2, 0.25) is 0 Å². The predicted octanol–water partition coefficient (Wildman–Crippen LogP) is 3.30. The molecule has 0 amide bonds. The third-order valence-corrected chi connectivity index (χ3v) is 3.49. The molecule has 2 N–H and O–H groups in total. The Hall–Kier alpha value is -0.410. The summed E-state index contributed by atoms with van der Waals surface area (Å²) in [7, 11) is 0. The van der Waals surface area contributed by atoms with Gasteiger partial charge in [0.1, 0.15) is 11.4 Å². The van der Waals surface area contributed by atoms with Crippen molar-refractivity contribution in [1.29, 1.82) is 0 Å². The highest BCUT2D eigenvalue weighted by Gasteiger charge is 2.41. The Bertz CT molecular complexity index is 224. The summed E-state index contributed by atoms with van der Waals surface area (Å²) in [6.07, 6.45) is 12.5.